The van der Waals surface area contributed by atoms with Crippen LogP contribution in [0.3, 0.4) is 0 Å². The maximum absolute atomic E-state index is 5.84. The van der Waals surface area contributed by atoms with Crippen LogP contribution >= 0.6 is 0 Å². The second-order valence-electron chi connectivity index (χ2n) is 4.18. The molecule has 0 saturated carbocycles. The van der Waals surface area contributed by atoms with Gasteiger partial charge in [0.1, 0.15) is 5.75 Å². The standard InChI is InChI=1S/C13H18O2.C2H6/c1-10-6-7-11(2)12(9-10)15-13-5-3-4-8-14-13;1-2/h6-7,9,13H,3-5,8H2,1-2H3;1-2H3. The summed E-state index contributed by atoms with van der Waals surface area (Å²) in [5.74, 6) is 0.960. The molecule has 17 heavy (non-hydrogen) atoms. The molecule has 2 heteroatoms. The molecule has 2 nitrogen and oxygen atoms in total. The molecule has 0 N–H and O–H groups in total. The molecule has 0 aliphatic carbocycles. The summed E-state index contributed by atoms with van der Waals surface area (Å²) in [6, 6.07) is 6.27. The first kappa shape index (κ1) is 14.0. The van der Waals surface area contributed by atoms with Crippen molar-refractivity contribution < 1.29 is 9.47 Å². The average Bonchev–Trinajstić information content (AvgIpc) is 2.38. The quantitative estimate of drug-likeness (QED) is 0.765. The molecule has 1 heterocycles. The Morgan fingerprint density at radius 3 is 2.59 bits per heavy atom. The van der Waals surface area contributed by atoms with E-state index >= 15 is 0 Å². The Morgan fingerprint density at radius 1 is 1.18 bits per heavy atom. The molecule has 0 aromatic heterocycles. The molecule has 0 bridgehead atoms. The van der Waals surface area contributed by atoms with Crippen LogP contribution in [0.4, 0.5) is 0 Å². The van der Waals surface area contributed by atoms with Gasteiger partial charge in [-0.3, -0.25) is 0 Å². The van der Waals surface area contributed by atoms with Crippen molar-refractivity contribution in [3.8, 4) is 5.75 Å². The summed E-state index contributed by atoms with van der Waals surface area (Å²) in [4.78, 5) is 0. The van der Waals surface area contributed by atoms with Crippen molar-refractivity contribution in [2.45, 2.75) is 53.2 Å². The zero-order valence-corrected chi connectivity index (χ0v) is 11.5. The van der Waals surface area contributed by atoms with Crippen LogP contribution in [0, 0.1) is 13.8 Å². The molecule has 0 radical (unpaired) electrons. The van der Waals surface area contributed by atoms with Crippen LogP contribution in [-0.4, -0.2) is 12.9 Å². The number of ether oxygens (including phenoxy) is 2. The van der Waals surface area contributed by atoms with Gasteiger partial charge in [-0.1, -0.05) is 26.0 Å². The molecule has 1 fully saturated rings. The van der Waals surface area contributed by atoms with Gasteiger partial charge in [-0.25, -0.2) is 0 Å². The zero-order valence-electron chi connectivity index (χ0n) is 11.5. The van der Waals surface area contributed by atoms with Gasteiger partial charge < -0.3 is 9.47 Å². The molecule has 1 aliphatic heterocycles. The van der Waals surface area contributed by atoms with Crippen LogP contribution < -0.4 is 4.74 Å². The van der Waals surface area contributed by atoms with E-state index in [1.807, 2.05) is 13.8 Å². The van der Waals surface area contributed by atoms with Crippen LogP contribution in [0.25, 0.3) is 0 Å². The highest BCUT2D eigenvalue weighted by molar-refractivity contribution is 5.36. The van der Waals surface area contributed by atoms with Crippen molar-refractivity contribution in [1.29, 1.82) is 0 Å². The Kier molecular flexibility index (Phi) is 6.06. The van der Waals surface area contributed by atoms with E-state index in [1.54, 1.807) is 0 Å². The molecule has 1 aromatic rings. The molecular weight excluding hydrogens is 212 g/mol. The number of hydrogen-bond acceptors (Lipinski definition) is 2. The van der Waals surface area contributed by atoms with Crippen LogP contribution in [0.15, 0.2) is 18.2 Å². The lowest BCUT2D eigenvalue weighted by molar-refractivity contribution is -0.106. The topological polar surface area (TPSA) is 18.5 Å². The summed E-state index contributed by atoms with van der Waals surface area (Å²) in [6.45, 7) is 8.97. The second-order valence-corrected chi connectivity index (χ2v) is 4.18. The van der Waals surface area contributed by atoms with Crippen molar-refractivity contribution in [3.63, 3.8) is 0 Å². The van der Waals surface area contributed by atoms with Gasteiger partial charge in [0.05, 0.1) is 6.61 Å². The summed E-state index contributed by atoms with van der Waals surface area (Å²) >= 11 is 0. The fourth-order valence-electron chi connectivity index (χ4n) is 1.78. The molecular formula is C15H24O2. The first-order valence-electron chi connectivity index (χ1n) is 6.61. The average molecular weight is 236 g/mol. The van der Waals surface area contributed by atoms with E-state index in [2.05, 4.69) is 32.0 Å². The van der Waals surface area contributed by atoms with Crippen molar-refractivity contribution in [3.05, 3.63) is 29.3 Å². The SMILES string of the molecule is CC.Cc1ccc(C)c(OC2CCCCO2)c1. The monoisotopic (exact) mass is 236 g/mol. The second kappa shape index (κ2) is 7.33. The number of hydrogen-bond donors (Lipinski definition) is 0. The lowest BCUT2D eigenvalue weighted by atomic mass is 10.1. The predicted molar refractivity (Wildman–Crippen MR) is 71.5 cm³/mol. The van der Waals surface area contributed by atoms with Crippen LogP contribution in [0.2, 0.25) is 0 Å². The van der Waals surface area contributed by atoms with E-state index in [-0.39, 0.29) is 6.29 Å². The summed E-state index contributed by atoms with van der Waals surface area (Å²) in [5, 5.41) is 0. The fourth-order valence-corrected chi connectivity index (χ4v) is 1.78. The van der Waals surface area contributed by atoms with Crippen molar-refractivity contribution >= 4 is 0 Å². The molecule has 1 aromatic carbocycles. The van der Waals surface area contributed by atoms with E-state index in [0.717, 1.165) is 25.2 Å². The highest BCUT2D eigenvalue weighted by atomic mass is 16.7. The van der Waals surface area contributed by atoms with Gasteiger partial charge >= 0.3 is 0 Å². The van der Waals surface area contributed by atoms with E-state index in [9.17, 15) is 0 Å². The predicted octanol–water partition coefficient (Wildman–Crippen LogP) is 4.24. The lowest BCUT2D eigenvalue weighted by Crippen LogP contribution is -2.25. The largest absolute Gasteiger partial charge is 0.465 e. The van der Waals surface area contributed by atoms with Crippen LogP contribution in [-0.2, 0) is 4.74 Å². The van der Waals surface area contributed by atoms with Crippen molar-refractivity contribution in [1.82, 2.24) is 0 Å². The zero-order chi connectivity index (χ0) is 12.7. The van der Waals surface area contributed by atoms with Gasteiger partial charge in [0.25, 0.3) is 0 Å². The third kappa shape index (κ3) is 4.39. The van der Waals surface area contributed by atoms with Gasteiger partial charge in [-0.2, -0.15) is 0 Å². The molecule has 1 atom stereocenters. The number of benzene rings is 1. The Morgan fingerprint density at radius 2 is 1.94 bits per heavy atom. The fraction of sp³-hybridized carbons (Fsp3) is 0.600. The number of rotatable bonds is 2. The third-order valence-electron chi connectivity index (χ3n) is 2.74. The van der Waals surface area contributed by atoms with E-state index in [1.165, 1.54) is 17.5 Å². The summed E-state index contributed by atoms with van der Waals surface area (Å²) < 4.78 is 11.4. The maximum Gasteiger partial charge on any atom is 0.199 e. The van der Waals surface area contributed by atoms with Gasteiger partial charge in [0, 0.05) is 6.42 Å². The van der Waals surface area contributed by atoms with E-state index in [0.29, 0.717) is 0 Å². The lowest BCUT2D eigenvalue weighted by Gasteiger charge is -2.24. The van der Waals surface area contributed by atoms with Crippen molar-refractivity contribution in [2.24, 2.45) is 0 Å². The van der Waals surface area contributed by atoms with E-state index < -0.39 is 0 Å². The molecule has 0 amide bonds. The Hall–Kier alpha value is -1.02. The van der Waals surface area contributed by atoms with Gasteiger partial charge in [-0.05, 0) is 43.9 Å². The third-order valence-corrected chi connectivity index (χ3v) is 2.74. The molecule has 0 spiro atoms. The van der Waals surface area contributed by atoms with Crippen LogP contribution in [0.1, 0.15) is 44.2 Å². The Balaban J connectivity index is 0.000000686. The Bertz CT molecular complexity index is 328. The summed E-state index contributed by atoms with van der Waals surface area (Å²) in [5.41, 5.74) is 2.40. The first-order valence-corrected chi connectivity index (χ1v) is 6.61. The number of aryl methyl sites for hydroxylation is 2. The minimum atomic E-state index is -0.0424. The van der Waals surface area contributed by atoms with Crippen molar-refractivity contribution in [2.75, 3.05) is 6.61 Å². The maximum atomic E-state index is 5.84. The molecule has 1 unspecified atom stereocenters. The summed E-state index contributed by atoms with van der Waals surface area (Å²) in [7, 11) is 0. The highest BCUT2D eigenvalue weighted by Gasteiger charge is 2.15. The van der Waals surface area contributed by atoms with Gasteiger partial charge in [0.15, 0.2) is 6.29 Å². The molecule has 2 rings (SSSR count). The van der Waals surface area contributed by atoms with Gasteiger partial charge in [-0.15, -0.1) is 0 Å². The Labute approximate surface area is 105 Å². The smallest absolute Gasteiger partial charge is 0.199 e. The van der Waals surface area contributed by atoms with Gasteiger partial charge in [0.2, 0.25) is 0 Å². The molecule has 1 aliphatic rings. The normalized spacial score (nSPS) is 19.2. The minimum Gasteiger partial charge on any atom is -0.465 e. The highest BCUT2D eigenvalue weighted by Crippen LogP contribution is 2.23. The van der Waals surface area contributed by atoms with E-state index in [4.69, 9.17) is 9.47 Å². The van der Waals surface area contributed by atoms with Crippen LogP contribution in [0.5, 0.6) is 5.75 Å². The minimum absolute atomic E-state index is 0.0424. The molecule has 96 valence electrons. The first-order chi connectivity index (χ1) is 8.25. The summed E-state index contributed by atoms with van der Waals surface area (Å²) in [6.07, 6.45) is 3.33. The molecule has 1 saturated heterocycles.